The predicted octanol–water partition coefficient (Wildman–Crippen LogP) is 1.16. The van der Waals surface area contributed by atoms with E-state index >= 15 is 0 Å². The third-order valence-electron chi connectivity index (χ3n) is 5.60. The van der Waals surface area contributed by atoms with E-state index in [0.29, 0.717) is 6.42 Å². The van der Waals surface area contributed by atoms with Gasteiger partial charge in [0.25, 0.3) is 0 Å². The van der Waals surface area contributed by atoms with E-state index in [9.17, 15) is 4.79 Å². The predicted molar refractivity (Wildman–Crippen MR) is 105 cm³/mol. The number of nitrogens with zero attached hydrogens (tertiary/aromatic N) is 2. The summed E-state index contributed by atoms with van der Waals surface area (Å²) in [6, 6.07) is 11.2. The second kappa shape index (κ2) is 6.36. The van der Waals surface area contributed by atoms with Gasteiger partial charge < -0.3 is 10.8 Å². The van der Waals surface area contributed by atoms with E-state index in [4.69, 9.17) is 20.8 Å². The van der Waals surface area contributed by atoms with Crippen molar-refractivity contribution in [1.82, 2.24) is 0 Å². The van der Waals surface area contributed by atoms with E-state index in [-0.39, 0.29) is 6.42 Å². The van der Waals surface area contributed by atoms with Crippen molar-refractivity contribution in [3.05, 3.63) is 46.6 Å². The standard InChI is InChI=1S/C20H23N3O2Si/c1-26(9-3-5-20(24)25)18-11-14(21)6-7-15(18)23-17-10-13-4-2-8-22-16(13)12-19(17)26/h6-7,10-12H,2-5,8-9,21H2,1H3,(H,24,25). The quantitative estimate of drug-likeness (QED) is 0.629. The summed E-state index contributed by atoms with van der Waals surface area (Å²) in [5, 5.41) is 13.7. The minimum atomic E-state index is -2.13. The van der Waals surface area contributed by atoms with E-state index in [0.717, 1.165) is 47.5 Å². The van der Waals surface area contributed by atoms with Crippen LogP contribution in [-0.4, -0.2) is 25.7 Å². The summed E-state index contributed by atoms with van der Waals surface area (Å²) in [6.07, 6.45) is 3.00. The number of hydrogen-bond acceptors (Lipinski definition) is 4. The van der Waals surface area contributed by atoms with Crippen LogP contribution < -0.4 is 26.8 Å². The third kappa shape index (κ3) is 2.84. The number of nitrogen functional groups attached to an aromatic ring is 1. The first-order valence-electron chi connectivity index (χ1n) is 9.16. The van der Waals surface area contributed by atoms with E-state index in [1.807, 2.05) is 18.2 Å². The van der Waals surface area contributed by atoms with Gasteiger partial charge in [-0.1, -0.05) is 6.55 Å². The highest BCUT2D eigenvalue weighted by atomic mass is 28.3. The molecule has 0 amide bonds. The number of aryl methyl sites for hydroxylation is 1. The van der Waals surface area contributed by atoms with E-state index in [2.05, 4.69) is 18.7 Å². The van der Waals surface area contributed by atoms with Crippen LogP contribution in [0.3, 0.4) is 0 Å². The minimum absolute atomic E-state index is 0.196. The Morgan fingerprint density at radius 3 is 2.88 bits per heavy atom. The van der Waals surface area contributed by atoms with Gasteiger partial charge >= 0.3 is 5.97 Å². The molecule has 0 saturated carbocycles. The van der Waals surface area contributed by atoms with Crippen molar-refractivity contribution in [2.45, 2.75) is 38.3 Å². The number of hydrogen-bond donors (Lipinski definition) is 2. The zero-order valence-corrected chi connectivity index (χ0v) is 16.0. The van der Waals surface area contributed by atoms with Crippen molar-refractivity contribution < 1.29 is 9.90 Å². The molecule has 4 rings (SSSR count). The van der Waals surface area contributed by atoms with Gasteiger partial charge in [0.05, 0.1) is 16.4 Å². The first-order chi connectivity index (χ1) is 12.5. The van der Waals surface area contributed by atoms with Gasteiger partial charge in [-0.3, -0.25) is 9.79 Å². The third-order valence-corrected chi connectivity index (χ3v) is 10.1. The molecule has 134 valence electrons. The van der Waals surface area contributed by atoms with Gasteiger partial charge in [-0.15, -0.1) is 0 Å². The van der Waals surface area contributed by atoms with E-state index < -0.39 is 14.0 Å². The maximum Gasteiger partial charge on any atom is 0.303 e. The summed E-state index contributed by atoms with van der Waals surface area (Å²) in [5.74, 6) is -0.739. The fourth-order valence-electron chi connectivity index (χ4n) is 4.20. The highest BCUT2D eigenvalue weighted by Gasteiger charge is 2.37. The van der Waals surface area contributed by atoms with Gasteiger partial charge in [0.1, 0.15) is 8.07 Å². The van der Waals surface area contributed by atoms with Crippen LogP contribution in [0.1, 0.15) is 24.8 Å². The summed E-state index contributed by atoms with van der Waals surface area (Å²) in [7, 11) is -2.13. The summed E-state index contributed by atoms with van der Waals surface area (Å²) in [6.45, 7) is 3.19. The molecular formula is C20H23N3O2Si. The number of fused-ring (bicyclic) bond motifs is 3. The van der Waals surface area contributed by atoms with Crippen molar-refractivity contribution in [3.63, 3.8) is 0 Å². The molecule has 0 spiro atoms. The van der Waals surface area contributed by atoms with E-state index in [1.54, 1.807) is 0 Å². The Balaban J connectivity index is 1.92. The number of nitrogens with two attached hydrogens (primary N) is 1. The van der Waals surface area contributed by atoms with Gasteiger partial charge in [0.2, 0.25) is 0 Å². The number of rotatable bonds is 4. The van der Waals surface area contributed by atoms with Crippen LogP contribution in [-0.2, 0) is 11.2 Å². The van der Waals surface area contributed by atoms with Crippen molar-refractivity contribution in [3.8, 4) is 0 Å². The maximum absolute atomic E-state index is 11.0. The number of carbonyl (C=O) groups is 1. The highest BCUT2D eigenvalue weighted by molar-refractivity contribution is 7.02. The van der Waals surface area contributed by atoms with Crippen LogP contribution in [0, 0.1) is 0 Å². The molecule has 2 aliphatic heterocycles. The fourth-order valence-corrected chi connectivity index (χ4v) is 8.25. The van der Waals surface area contributed by atoms with Crippen molar-refractivity contribution in [2.24, 2.45) is 9.98 Å². The molecule has 2 aromatic carbocycles. The number of carboxylic acids is 1. The Labute approximate surface area is 153 Å². The van der Waals surface area contributed by atoms with Gasteiger partial charge in [-0.25, -0.2) is 4.99 Å². The lowest BCUT2D eigenvalue weighted by atomic mass is 10.1. The van der Waals surface area contributed by atoms with Crippen LogP contribution >= 0.6 is 0 Å². The second-order valence-electron chi connectivity index (χ2n) is 7.45. The van der Waals surface area contributed by atoms with Crippen LogP contribution in [0.2, 0.25) is 12.6 Å². The fraction of sp³-hybridized carbons (Fsp3) is 0.350. The van der Waals surface area contributed by atoms with Gasteiger partial charge in [-0.05, 0) is 71.6 Å². The van der Waals surface area contributed by atoms with Gasteiger partial charge in [0, 0.05) is 18.7 Å². The second-order valence-corrected chi connectivity index (χ2v) is 11.7. The number of aliphatic carboxylic acids is 1. The molecular weight excluding hydrogens is 342 g/mol. The Bertz CT molecular complexity index is 1020. The SMILES string of the molecule is C[Si]1(CCCC(=O)O)c2cc(N)ccc2N=c2cc3c(cc21)=NCCC3. The lowest BCUT2D eigenvalue weighted by Crippen LogP contribution is -2.63. The zero-order valence-electron chi connectivity index (χ0n) is 15.0. The van der Waals surface area contributed by atoms with Crippen LogP contribution in [0.4, 0.5) is 11.4 Å². The topological polar surface area (TPSA) is 88.0 Å². The summed E-state index contributed by atoms with van der Waals surface area (Å²) >= 11 is 0. The molecule has 1 atom stereocenters. The molecule has 0 fully saturated rings. The first-order valence-corrected chi connectivity index (χ1v) is 11.9. The molecule has 0 bridgehead atoms. The van der Waals surface area contributed by atoms with Crippen molar-refractivity contribution >= 4 is 35.8 Å². The monoisotopic (exact) mass is 365 g/mol. The normalized spacial score (nSPS) is 20.2. The molecule has 2 aromatic rings. The molecule has 1 unspecified atom stereocenters. The molecule has 0 saturated heterocycles. The molecule has 6 heteroatoms. The Kier molecular flexibility index (Phi) is 4.15. The van der Waals surface area contributed by atoms with Gasteiger partial charge in [-0.2, -0.15) is 0 Å². The molecule has 0 aromatic heterocycles. The molecule has 26 heavy (non-hydrogen) atoms. The summed E-state index contributed by atoms with van der Waals surface area (Å²) in [4.78, 5) is 20.7. The summed E-state index contributed by atoms with van der Waals surface area (Å²) < 4.78 is 0. The smallest absolute Gasteiger partial charge is 0.303 e. The molecule has 0 radical (unpaired) electrons. The maximum atomic E-state index is 11.0. The number of anilines is 1. The molecule has 2 heterocycles. The average Bonchev–Trinajstić information content (AvgIpc) is 2.61. The highest BCUT2D eigenvalue weighted by Crippen LogP contribution is 2.24. The Morgan fingerprint density at radius 2 is 2.08 bits per heavy atom. The lowest BCUT2D eigenvalue weighted by molar-refractivity contribution is -0.137. The van der Waals surface area contributed by atoms with Gasteiger partial charge in [0.15, 0.2) is 0 Å². The minimum Gasteiger partial charge on any atom is -0.481 e. The molecule has 2 aliphatic rings. The average molecular weight is 366 g/mol. The first kappa shape index (κ1) is 17.0. The van der Waals surface area contributed by atoms with Crippen LogP contribution in [0.25, 0.3) is 0 Å². The summed E-state index contributed by atoms with van der Waals surface area (Å²) in [5.41, 5.74) is 9.08. The van der Waals surface area contributed by atoms with Crippen molar-refractivity contribution in [2.75, 3.05) is 12.3 Å². The van der Waals surface area contributed by atoms with Crippen molar-refractivity contribution in [1.29, 1.82) is 0 Å². The zero-order chi connectivity index (χ0) is 18.3. The van der Waals surface area contributed by atoms with Crippen LogP contribution in [0.15, 0.2) is 40.3 Å². The van der Waals surface area contributed by atoms with E-state index in [1.165, 1.54) is 15.9 Å². The molecule has 3 N–H and O–H groups in total. The Morgan fingerprint density at radius 1 is 1.23 bits per heavy atom. The lowest BCUT2D eigenvalue weighted by Gasteiger charge is -2.33. The molecule has 5 nitrogen and oxygen atoms in total. The number of carboxylic acid groups (broad SMARTS) is 1. The largest absolute Gasteiger partial charge is 0.481 e. The number of benzene rings is 2. The Hall–Kier alpha value is -2.47. The molecule has 0 aliphatic carbocycles. The van der Waals surface area contributed by atoms with Crippen LogP contribution in [0.5, 0.6) is 0 Å².